The summed E-state index contributed by atoms with van der Waals surface area (Å²) in [6.07, 6.45) is 0. The molecule has 2 atom stereocenters. The Morgan fingerprint density at radius 2 is 1.70 bits per heavy atom. The lowest BCUT2D eigenvalue weighted by molar-refractivity contribution is -0.155. The summed E-state index contributed by atoms with van der Waals surface area (Å²) in [6, 6.07) is 13.3. The van der Waals surface area contributed by atoms with Gasteiger partial charge in [-0.3, -0.25) is 4.79 Å². The summed E-state index contributed by atoms with van der Waals surface area (Å²) >= 11 is 0. The molecule has 0 bridgehead atoms. The number of hydrogen-bond acceptors (Lipinski definition) is 2. The van der Waals surface area contributed by atoms with Crippen molar-refractivity contribution >= 4 is 16.7 Å². The van der Waals surface area contributed by atoms with Crippen molar-refractivity contribution in [3.63, 3.8) is 0 Å². The third kappa shape index (κ3) is 2.41. The van der Waals surface area contributed by atoms with Gasteiger partial charge in [0.15, 0.2) is 0 Å². The minimum Gasteiger partial charge on any atom is -0.481 e. The first-order chi connectivity index (χ1) is 9.35. The van der Waals surface area contributed by atoms with Crippen LogP contribution in [0.4, 0.5) is 0 Å². The molecule has 0 aromatic heterocycles. The van der Waals surface area contributed by atoms with Gasteiger partial charge in [0, 0.05) is 0 Å². The molecule has 0 saturated carbocycles. The lowest BCUT2D eigenvalue weighted by Crippen LogP contribution is -2.40. The Kier molecular flexibility index (Phi) is 3.82. The number of carboxylic acid groups (broad SMARTS) is 1. The average Bonchev–Trinajstić information content (AvgIpc) is 2.36. The third-order valence-electron chi connectivity index (χ3n) is 3.87. The van der Waals surface area contributed by atoms with Crippen LogP contribution in [0.25, 0.3) is 10.8 Å². The summed E-state index contributed by atoms with van der Waals surface area (Å²) in [5.74, 6) is -1.99. The molecular weight excluding hydrogens is 252 g/mol. The van der Waals surface area contributed by atoms with Gasteiger partial charge in [-0.1, -0.05) is 56.3 Å². The number of rotatable bonds is 4. The summed E-state index contributed by atoms with van der Waals surface area (Å²) in [5, 5.41) is 22.2. The van der Waals surface area contributed by atoms with Gasteiger partial charge in [-0.15, -0.1) is 0 Å². The van der Waals surface area contributed by atoms with E-state index in [1.54, 1.807) is 13.0 Å². The molecule has 0 amide bonds. The largest absolute Gasteiger partial charge is 0.481 e. The Hall–Kier alpha value is -1.87. The predicted octanol–water partition coefficient (Wildman–Crippen LogP) is 3.40. The lowest BCUT2D eigenvalue weighted by atomic mass is 9.75. The van der Waals surface area contributed by atoms with E-state index in [1.165, 1.54) is 0 Å². The first-order valence-corrected chi connectivity index (χ1v) is 6.79. The summed E-state index contributed by atoms with van der Waals surface area (Å²) in [4.78, 5) is 11.5. The van der Waals surface area contributed by atoms with Crippen molar-refractivity contribution in [2.45, 2.75) is 26.4 Å². The molecule has 106 valence electrons. The number of carboxylic acids is 1. The van der Waals surface area contributed by atoms with Crippen molar-refractivity contribution in [3.8, 4) is 0 Å². The Morgan fingerprint density at radius 1 is 1.10 bits per heavy atom. The second-order valence-electron chi connectivity index (χ2n) is 5.73. The maximum Gasteiger partial charge on any atom is 0.310 e. The normalized spacial score (nSPS) is 16.1. The maximum atomic E-state index is 11.5. The van der Waals surface area contributed by atoms with E-state index in [-0.39, 0.29) is 5.92 Å². The van der Waals surface area contributed by atoms with E-state index in [1.807, 2.05) is 50.2 Å². The molecule has 2 aromatic carbocycles. The Bertz CT molecular complexity index is 624. The quantitative estimate of drug-likeness (QED) is 0.896. The number of carbonyl (C=O) groups is 1. The van der Waals surface area contributed by atoms with Gasteiger partial charge >= 0.3 is 5.97 Å². The molecule has 2 N–H and O–H groups in total. The van der Waals surface area contributed by atoms with Gasteiger partial charge in [0.1, 0.15) is 5.60 Å². The summed E-state index contributed by atoms with van der Waals surface area (Å²) in [7, 11) is 0. The van der Waals surface area contributed by atoms with Crippen LogP contribution >= 0.6 is 0 Å². The van der Waals surface area contributed by atoms with Crippen LogP contribution in [0, 0.1) is 11.8 Å². The fourth-order valence-corrected chi connectivity index (χ4v) is 3.01. The van der Waals surface area contributed by atoms with Crippen LogP contribution in [0.15, 0.2) is 42.5 Å². The zero-order valence-corrected chi connectivity index (χ0v) is 12.0. The van der Waals surface area contributed by atoms with Crippen LogP contribution in [0.3, 0.4) is 0 Å². The van der Waals surface area contributed by atoms with Gasteiger partial charge in [-0.25, -0.2) is 0 Å². The van der Waals surface area contributed by atoms with Crippen molar-refractivity contribution in [3.05, 3.63) is 48.0 Å². The van der Waals surface area contributed by atoms with E-state index < -0.39 is 17.5 Å². The number of fused-ring (bicyclic) bond motifs is 1. The molecule has 0 fully saturated rings. The van der Waals surface area contributed by atoms with Crippen LogP contribution in [-0.2, 0) is 10.4 Å². The van der Waals surface area contributed by atoms with E-state index in [0.29, 0.717) is 5.56 Å². The molecule has 2 rings (SSSR count). The van der Waals surface area contributed by atoms with Crippen molar-refractivity contribution in [2.75, 3.05) is 0 Å². The molecule has 20 heavy (non-hydrogen) atoms. The molecule has 0 radical (unpaired) electrons. The van der Waals surface area contributed by atoms with E-state index in [0.717, 1.165) is 10.8 Å². The van der Waals surface area contributed by atoms with Gasteiger partial charge in [-0.2, -0.15) is 0 Å². The van der Waals surface area contributed by atoms with Crippen molar-refractivity contribution in [2.24, 2.45) is 11.8 Å². The molecule has 0 saturated heterocycles. The van der Waals surface area contributed by atoms with E-state index in [2.05, 4.69) is 0 Å². The fraction of sp³-hybridized carbons (Fsp3) is 0.353. The van der Waals surface area contributed by atoms with E-state index >= 15 is 0 Å². The van der Waals surface area contributed by atoms with E-state index in [9.17, 15) is 15.0 Å². The van der Waals surface area contributed by atoms with Crippen LogP contribution in [0.1, 0.15) is 26.3 Å². The number of aliphatic hydroxyl groups is 1. The molecule has 2 unspecified atom stereocenters. The van der Waals surface area contributed by atoms with Gasteiger partial charge in [-0.05, 0) is 29.2 Å². The highest BCUT2D eigenvalue weighted by atomic mass is 16.4. The van der Waals surface area contributed by atoms with E-state index in [4.69, 9.17) is 0 Å². The topological polar surface area (TPSA) is 57.5 Å². The van der Waals surface area contributed by atoms with Gasteiger partial charge in [0.05, 0.1) is 5.92 Å². The molecule has 0 aliphatic rings. The second-order valence-corrected chi connectivity index (χ2v) is 5.73. The monoisotopic (exact) mass is 272 g/mol. The molecule has 3 heteroatoms. The second kappa shape index (κ2) is 5.25. The molecule has 0 spiro atoms. The molecule has 0 aliphatic heterocycles. The number of hydrogen-bond donors (Lipinski definition) is 2. The molecule has 0 heterocycles. The fourth-order valence-electron chi connectivity index (χ4n) is 3.01. The highest BCUT2D eigenvalue weighted by Gasteiger charge is 2.41. The molecule has 0 aliphatic carbocycles. The number of aliphatic carboxylic acids is 1. The molecule has 2 aromatic rings. The minimum atomic E-state index is -1.42. The van der Waals surface area contributed by atoms with Crippen molar-refractivity contribution in [1.82, 2.24) is 0 Å². The van der Waals surface area contributed by atoms with Crippen molar-refractivity contribution in [1.29, 1.82) is 0 Å². The summed E-state index contributed by atoms with van der Waals surface area (Å²) in [6.45, 7) is 5.23. The first-order valence-electron chi connectivity index (χ1n) is 6.79. The third-order valence-corrected chi connectivity index (χ3v) is 3.87. The number of benzene rings is 2. The summed E-state index contributed by atoms with van der Waals surface area (Å²) in [5.41, 5.74) is -0.752. The highest BCUT2D eigenvalue weighted by Crippen LogP contribution is 2.38. The standard InChI is InChI=1S/C17H20O3/c1-11(2)15(16(18)19)17(3,20)14-10-6-8-12-7-4-5-9-13(12)14/h4-11,15,20H,1-3H3,(H,18,19). The van der Waals surface area contributed by atoms with Gasteiger partial charge < -0.3 is 10.2 Å². The van der Waals surface area contributed by atoms with Crippen LogP contribution < -0.4 is 0 Å². The lowest BCUT2D eigenvalue weighted by Gasteiger charge is -2.34. The average molecular weight is 272 g/mol. The zero-order valence-electron chi connectivity index (χ0n) is 12.0. The Morgan fingerprint density at radius 3 is 2.30 bits per heavy atom. The molecule has 3 nitrogen and oxygen atoms in total. The summed E-state index contributed by atoms with van der Waals surface area (Å²) < 4.78 is 0. The Balaban J connectivity index is 2.64. The smallest absolute Gasteiger partial charge is 0.310 e. The van der Waals surface area contributed by atoms with Gasteiger partial charge in [0.25, 0.3) is 0 Å². The van der Waals surface area contributed by atoms with Crippen LogP contribution in [0.2, 0.25) is 0 Å². The molecular formula is C17H20O3. The SMILES string of the molecule is CC(C)C(C(=O)O)C(C)(O)c1cccc2ccccc12. The Labute approximate surface area is 118 Å². The van der Waals surface area contributed by atoms with Gasteiger partial charge in [0.2, 0.25) is 0 Å². The van der Waals surface area contributed by atoms with Crippen molar-refractivity contribution < 1.29 is 15.0 Å². The highest BCUT2D eigenvalue weighted by molar-refractivity contribution is 5.87. The van der Waals surface area contributed by atoms with Crippen LogP contribution in [0.5, 0.6) is 0 Å². The van der Waals surface area contributed by atoms with Crippen LogP contribution in [-0.4, -0.2) is 16.2 Å². The minimum absolute atomic E-state index is 0.165. The predicted molar refractivity (Wildman–Crippen MR) is 79.5 cm³/mol. The maximum absolute atomic E-state index is 11.5. The first kappa shape index (κ1) is 14.5. The zero-order chi connectivity index (χ0) is 14.9.